The van der Waals surface area contributed by atoms with Crippen LogP contribution >= 0.6 is 46.4 Å². The molecule has 1 aliphatic carbocycles. The molecule has 0 saturated carbocycles. The highest BCUT2D eigenvalue weighted by atomic mass is 35.5. The van der Waals surface area contributed by atoms with E-state index in [9.17, 15) is 13.6 Å². The molecular formula is C6Cl4F2O. The summed E-state index contributed by atoms with van der Waals surface area (Å²) in [5.41, 5.74) is 0. The van der Waals surface area contributed by atoms with Crippen LogP contribution in [0.1, 0.15) is 0 Å². The van der Waals surface area contributed by atoms with Crippen LogP contribution in [0.5, 0.6) is 0 Å². The molecule has 0 bridgehead atoms. The van der Waals surface area contributed by atoms with Crippen LogP contribution < -0.4 is 0 Å². The number of ketones is 1. The van der Waals surface area contributed by atoms with Gasteiger partial charge in [0.1, 0.15) is 20.1 Å². The van der Waals surface area contributed by atoms with Crippen LogP contribution in [-0.2, 0) is 4.79 Å². The summed E-state index contributed by atoms with van der Waals surface area (Å²) in [4.78, 5) is 11.0. The zero-order valence-electron chi connectivity index (χ0n) is 5.68. The normalized spacial score (nSPS) is 22.8. The van der Waals surface area contributed by atoms with Gasteiger partial charge < -0.3 is 0 Å². The molecule has 0 spiro atoms. The SMILES string of the molecule is O=C1C(Cl)=C(Cl)C(F)(F)C(Cl)=C1Cl. The molecule has 72 valence electrons. The quantitative estimate of drug-likeness (QED) is 0.656. The third-order valence-corrected chi connectivity index (χ3v) is 3.10. The van der Waals surface area contributed by atoms with Crippen LogP contribution in [0.3, 0.4) is 0 Å². The van der Waals surface area contributed by atoms with Crippen molar-refractivity contribution in [2.24, 2.45) is 0 Å². The summed E-state index contributed by atoms with van der Waals surface area (Å²) in [6.07, 6.45) is 0. The smallest absolute Gasteiger partial charge is 0.287 e. The first-order valence-corrected chi connectivity index (χ1v) is 4.35. The lowest BCUT2D eigenvalue weighted by atomic mass is 10.1. The Bertz CT molecular complexity index is 315. The van der Waals surface area contributed by atoms with Gasteiger partial charge in [-0.15, -0.1) is 0 Å². The zero-order chi connectivity index (χ0) is 10.4. The molecule has 1 aliphatic rings. The molecule has 0 aliphatic heterocycles. The number of hydrogen-bond acceptors (Lipinski definition) is 1. The number of allylic oxidation sites excluding steroid dienone is 4. The van der Waals surface area contributed by atoms with Crippen molar-refractivity contribution < 1.29 is 13.6 Å². The van der Waals surface area contributed by atoms with Crippen molar-refractivity contribution in [3.63, 3.8) is 0 Å². The van der Waals surface area contributed by atoms with Crippen LogP contribution in [0.4, 0.5) is 8.78 Å². The topological polar surface area (TPSA) is 17.1 Å². The number of alkyl halides is 2. The van der Waals surface area contributed by atoms with E-state index >= 15 is 0 Å². The predicted molar refractivity (Wildman–Crippen MR) is 47.4 cm³/mol. The van der Waals surface area contributed by atoms with Gasteiger partial charge >= 0.3 is 5.92 Å². The first-order valence-electron chi connectivity index (χ1n) is 2.84. The Balaban J connectivity index is 3.39. The molecular weight excluding hydrogens is 268 g/mol. The van der Waals surface area contributed by atoms with Gasteiger partial charge in [0.2, 0.25) is 5.78 Å². The van der Waals surface area contributed by atoms with Gasteiger partial charge in [0.15, 0.2) is 0 Å². The lowest BCUT2D eigenvalue weighted by Crippen LogP contribution is -2.26. The van der Waals surface area contributed by atoms with Crippen molar-refractivity contribution in [3.8, 4) is 0 Å². The zero-order valence-corrected chi connectivity index (χ0v) is 8.70. The van der Waals surface area contributed by atoms with Crippen molar-refractivity contribution in [1.82, 2.24) is 0 Å². The molecule has 7 heteroatoms. The van der Waals surface area contributed by atoms with E-state index in [2.05, 4.69) is 0 Å². The minimum absolute atomic E-state index is 0.805. The van der Waals surface area contributed by atoms with E-state index in [1.165, 1.54) is 0 Å². The van der Waals surface area contributed by atoms with E-state index in [1.807, 2.05) is 0 Å². The molecule has 0 atom stereocenters. The van der Waals surface area contributed by atoms with E-state index in [0.717, 1.165) is 0 Å². The molecule has 0 heterocycles. The Hall–Kier alpha value is 0.170. The van der Waals surface area contributed by atoms with Crippen LogP contribution in [-0.4, -0.2) is 11.7 Å². The lowest BCUT2D eigenvalue weighted by molar-refractivity contribution is -0.111. The van der Waals surface area contributed by atoms with E-state index in [1.54, 1.807) is 0 Å². The Labute approximate surface area is 91.9 Å². The second-order valence-electron chi connectivity index (χ2n) is 2.16. The third kappa shape index (κ3) is 1.59. The maximum absolute atomic E-state index is 13.0. The fourth-order valence-electron chi connectivity index (χ4n) is 0.668. The van der Waals surface area contributed by atoms with Crippen molar-refractivity contribution >= 4 is 52.2 Å². The molecule has 13 heavy (non-hydrogen) atoms. The molecule has 1 rings (SSSR count). The molecule has 0 unspecified atom stereocenters. The Morgan fingerprint density at radius 3 is 1.54 bits per heavy atom. The second kappa shape index (κ2) is 3.39. The summed E-state index contributed by atoms with van der Waals surface area (Å²) >= 11 is 20.6. The van der Waals surface area contributed by atoms with E-state index in [0.29, 0.717) is 0 Å². The number of hydrogen-bond donors (Lipinski definition) is 0. The molecule has 1 nitrogen and oxygen atoms in total. The number of halogens is 6. The summed E-state index contributed by atoms with van der Waals surface area (Å²) in [6, 6.07) is 0. The molecule has 0 N–H and O–H groups in total. The highest BCUT2D eigenvalue weighted by molar-refractivity contribution is 6.61. The summed E-state index contributed by atoms with van der Waals surface area (Å²) < 4.78 is 25.9. The molecule has 0 fully saturated rings. The first kappa shape index (κ1) is 11.2. The van der Waals surface area contributed by atoms with Crippen molar-refractivity contribution in [2.45, 2.75) is 5.92 Å². The van der Waals surface area contributed by atoms with E-state index < -0.39 is 31.8 Å². The van der Waals surface area contributed by atoms with E-state index in [-0.39, 0.29) is 0 Å². The molecule has 0 aromatic heterocycles. The average molecular weight is 268 g/mol. The molecule has 0 amide bonds. The summed E-state index contributed by atoms with van der Waals surface area (Å²) in [7, 11) is 0. The number of Topliss-reactive ketones (excluding diaryl/α,β-unsaturated/α-hetero) is 1. The number of rotatable bonds is 0. The minimum atomic E-state index is -3.68. The Kier molecular flexibility index (Phi) is 2.93. The van der Waals surface area contributed by atoms with Crippen LogP contribution in [0.2, 0.25) is 0 Å². The van der Waals surface area contributed by atoms with Crippen LogP contribution in [0.15, 0.2) is 20.1 Å². The summed E-state index contributed by atoms with van der Waals surface area (Å²) in [6.45, 7) is 0. The van der Waals surface area contributed by atoms with Gasteiger partial charge in [-0.3, -0.25) is 4.79 Å². The molecule has 0 aromatic carbocycles. The van der Waals surface area contributed by atoms with Gasteiger partial charge in [-0.25, -0.2) is 0 Å². The number of carbonyl (C=O) groups excluding carboxylic acids is 1. The van der Waals surface area contributed by atoms with Crippen molar-refractivity contribution in [2.75, 3.05) is 0 Å². The largest absolute Gasteiger partial charge is 0.322 e. The average Bonchev–Trinajstić information content (AvgIpc) is 2.09. The highest BCUT2D eigenvalue weighted by Gasteiger charge is 2.47. The first-order chi connectivity index (χ1) is 5.80. The maximum atomic E-state index is 13.0. The van der Waals surface area contributed by atoms with Gasteiger partial charge in [0.25, 0.3) is 0 Å². The fourth-order valence-corrected chi connectivity index (χ4v) is 1.55. The molecule has 0 aromatic rings. The standard InChI is InChI=1S/C6Cl4F2O/c7-1-3(13)2(8)5(10)6(11,12)4(1)9. The van der Waals surface area contributed by atoms with Gasteiger partial charge in [-0.1, -0.05) is 46.4 Å². The Morgan fingerprint density at radius 2 is 1.23 bits per heavy atom. The van der Waals surface area contributed by atoms with Gasteiger partial charge in [-0.05, 0) is 0 Å². The highest BCUT2D eigenvalue weighted by Crippen LogP contribution is 2.46. The Morgan fingerprint density at radius 1 is 0.923 bits per heavy atom. The summed E-state index contributed by atoms with van der Waals surface area (Å²) in [5, 5.41) is -3.82. The minimum Gasteiger partial charge on any atom is -0.287 e. The van der Waals surface area contributed by atoms with Gasteiger partial charge in [0.05, 0.1) is 0 Å². The van der Waals surface area contributed by atoms with Crippen LogP contribution in [0, 0.1) is 0 Å². The van der Waals surface area contributed by atoms with Crippen molar-refractivity contribution in [3.05, 3.63) is 20.1 Å². The molecule has 0 saturated heterocycles. The van der Waals surface area contributed by atoms with E-state index in [4.69, 9.17) is 46.4 Å². The van der Waals surface area contributed by atoms with Crippen LogP contribution in [0.25, 0.3) is 0 Å². The fraction of sp³-hybridized carbons (Fsp3) is 0.167. The van der Waals surface area contributed by atoms with Gasteiger partial charge in [-0.2, -0.15) is 8.78 Å². The maximum Gasteiger partial charge on any atom is 0.322 e. The van der Waals surface area contributed by atoms with Gasteiger partial charge in [0, 0.05) is 0 Å². The molecule has 0 radical (unpaired) electrons. The number of carbonyl (C=O) groups is 1. The third-order valence-electron chi connectivity index (χ3n) is 1.34. The lowest BCUT2D eigenvalue weighted by Gasteiger charge is -2.20. The predicted octanol–water partition coefficient (Wildman–Crippen LogP) is 3.58. The van der Waals surface area contributed by atoms with Crippen molar-refractivity contribution in [1.29, 1.82) is 0 Å². The summed E-state index contributed by atoms with van der Waals surface area (Å²) in [5.74, 6) is -4.67. The monoisotopic (exact) mass is 266 g/mol. The second-order valence-corrected chi connectivity index (χ2v) is 3.67.